The minimum atomic E-state index is 0.0359. The number of methoxy groups -OCH3 is 2. The lowest BCUT2D eigenvalue weighted by Gasteiger charge is -2.40. The summed E-state index contributed by atoms with van der Waals surface area (Å²) in [5.74, 6) is 1.72. The monoisotopic (exact) mass is 425 g/mol. The summed E-state index contributed by atoms with van der Waals surface area (Å²) in [6.45, 7) is 6.48. The predicted octanol–water partition coefficient (Wildman–Crippen LogP) is 2.37. The van der Waals surface area contributed by atoms with Gasteiger partial charge in [-0.3, -0.25) is 9.69 Å². The van der Waals surface area contributed by atoms with Crippen LogP contribution in [0.3, 0.4) is 0 Å². The van der Waals surface area contributed by atoms with Crippen LogP contribution < -0.4 is 14.4 Å². The summed E-state index contributed by atoms with van der Waals surface area (Å²) < 4.78 is 16.7. The Hall–Kier alpha value is -2.77. The SMILES string of the molecule is COc1ccc(C(=O)N2CCO[C@@H](CN3CCN(c4ccccc4OC)CC3)C2)cc1. The number of benzene rings is 2. The molecule has 7 nitrogen and oxygen atoms in total. The van der Waals surface area contributed by atoms with Gasteiger partial charge in [0.25, 0.3) is 5.91 Å². The lowest BCUT2D eigenvalue weighted by Crippen LogP contribution is -2.53. The van der Waals surface area contributed by atoms with Gasteiger partial charge >= 0.3 is 0 Å². The van der Waals surface area contributed by atoms with Gasteiger partial charge in [0.1, 0.15) is 11.5 Å². The van der Waals surface area contributed by atoms with Crippen molar-refractivity contribution < 1.29 is 19.0 Å². The van der Waals surface area contributed by atoms with E-state index in [9.17, 15) is 4.79 Å². The quantitative estimate of drug-likeness (QED) is 0.708. The summed E-state index contributed by atoms with van der Waals surface area (Å²) in [4.78, 5) is 19.6. The van der Waals surface area contributed by atoms with Crippen molar-refractivity contribution in [1.82, 2.24) is 9.80 Å². The molecule has 0 saturated carbocycles. The molecule has 2 aromatic carbocycles. The molecule has 2 heterocycles. The molecule has 0 aromatic heterocycles. The Morgan fingerprint density at radius 3 is 2.42 bits per heavy atom. The molecule has 166 valence electrons. The van der Waals surface area contributed by atoms with Crippen molar-refractivity contribution in [3.8, 4) is 11.5 Å². The van der Waals surface area contributed by atoms with Gasteiger partial charge in [-0.2, -0.15) is 0 Å². The molecule has 0 unspecified atom stereocenters. The molecular formula is C24H31N3O4. The number of morpholine rings is 1. The molecule has 0 spiro atoms. The average Bonchev–Trinajstić information content (AvgIpc) is 2.84. The molecule has 2 aliphatic heterocycles. The second-order valence-electron chi connectivity index (χ2n) is 7.93. The molecular weight excluding hydrogens is 394 g/mol. The van der Waals surface area contributed by atoms with Gasteiger partial charge in [-0.05, 0) is 36.4 Å². The molecule has 31 heavy (non-hydrogen) atoms. The maximum absolute atomic E-state index is 12.9. The number of para-hydroxylation sites is 2. The van der Waals surface area contributed by atoms with E-state index in [1.165, 1.54) is 0 Å². The van der Waals surface area contributed by atoms with Crippen LogP contribution in [-0.4, -0.2) is 88.5 Å². The molecule has 2 aliphatic rings. The summed E-state index contributed by atoms with van der Waals surface area (Å²) in [7, 11) is 3.34. The first-order valence-corrected chi connectivity index (χ1v) is 10.8. The first-order valence-electron chi connectivity index (χ1n) is 10.8. The molecule has 0 bridgehead atoms. The van der Waals surface area contributed by atoms with E-state index in [1.54, 1.807) is 14.2 Å². The molecule has 0 radical (unpaired) electrons. The number of anilines is 1. The third-order valence-electron chi connectivity index (χ3n) is 6.02. The van der Waals surface area contributed by atoms with Crippen LogP contribution in [-0.2, 0) is 4.74 Å². The number of hydrogen-bond acceptors (Lipinski definition) is 6. The fraction of sp³-hybridized carbons (Fsp3) is 0.458. The summed E-state index contributed by atoms with van der Waals surface area (Å²) >= 11 is 0. The largest absolute Gasteiger partial charge is 0.497 e. The Bertz CT molecular complexity index is 865. The molecule has 1 amide bonds. The zero-order chi connectivity index (χ0) is 21.6. The molecule has 4 rings (SSSR count). The third-order valence-corrected chi connectivity index (χ3v) is 6.02. The molecule has 2 aromatic rings. The zero-order valence-electron chi connectivity index (χ0n) is 18.3. The highest BCUT2D eigenvalue weighted by atomic mass is 16.5. The number of hydrogen-bond donors (Lipinski definition) is 0. The Labute approximate surface area is 184 Å². The maximum atomic E-state index is 12.9. The van der Waals surface area contributed by atoms with Crippen LogP contribution in [0.15, 0.2) is 48.5 Å². The van der Waals surface area contributed by atoms with Crippen molar-refractivity contribution >= 4 is 11.6 Å². The number of carbonyl (C=O) groups is 1. The predicted molar refractivity (Wildman–Crippen MR) is 120 cm³/mol. The topological polar surface area (TPSA) is 54.5 Å². The Kier molecular flexibility index (Phi) is 6.94. The highest BCUT2D eigenvalue weighted by Gasteiger charge is 2.28. The Balaban J connectivity index is 1.29. The van der Waals surface area contributed by atoms with Crippen molar-refractivity contribution in [1.29, 1.82) is 0 Å². The van der Waals surface area contributed by atoms with Crippen molar-refractivity contribution in [3.63, 3.8) is 0 Å². The second kappa shape index (κ2) is 10.0. The van der Waals surface area contributed by atoms with Gasteiger partial charge in [-0.15, -0.1) is 0 Å². The minimum absolute atomic E-state index is 0.0359. The van der Waals surface area contributed by atoms with Gasteiger partial charge < -0.3 is 24.0 Å². The van der Waals surface area contributed by atoms with E-state index >= 15 is 0 Å². The van der Waals surface area contributed by atoms with E-state index in [0.717, 1.165) is 49.9 Å². The lowest BCUT2D eigenvalue weighted by molar-refractivity contribution is -0.0363. The second-order valence-corrected chi connectivity index (χ2v) is 7.93. The fourth-order valence-corrected chi connectivity index (χ4v) is 4.28. The van der Waals surface area contributed by atoms with Crippen LogP contribution in [0.25, 0.3) is 0 Å². The van der Waals surface area contributed by atoms with E-state index < -0.39 is 0 Å². The molecule has 1 atom stereocenters. The van der Waals surface area contributed by atoms with Crippen molar-refractivity contribution in [2.45, 2.75) is 6.10 Å². The number of carbonyl (C=O) groups excluding carboxylic acids is 1. The molecule has 2 fully saturated rings. The van der Waals surface area contributed by atoms with E-state index in [0.29, 0.717) is 25.3 Å². The number of rotatable bonds is 6. The summed E-state index contributed by atoms with van der Waals surface area (Å²) in [6.07, 6.45) is 0.0359. The van der Waals surface area contributed by atoms with Crippen LogP contribution in [0.1, 0.15) is 10.4 Å². The van der Waals surface area contributed by atoms with Crippen molar-refractivity contribution in [2.75, 3.05) is 71.5 Å². The Morgan fingerprint density at radius 2 is 1.71 bits per heavy atom. The molecule has 0 N–H and O–H groups in total. The number of amides is 1. The minimum Gasteiger partial charge on any atom is -0.497 e. The number of ether oxygens (including phenoxy) is 3. The summed E-state index contributed by atoms with van der Waals surface area (Å²) in [5, 5.41) is 0. The van der Waals surface area contributed by atoms with Crippen LogP contribution in [0.4, 0.5) is 5.69 Å². The Morgan fingerprint density at radius 1 is 0.968 bits per heavy atom. The van der Waals surface area contributed by atoms with Crippen LogP contribution in [0, 0.1) is 0 Å². The summed E-state index contributed by atoms with van der Waals surface area (Å²) in [5.41, 5.74) is 1.83. The van der Waals surface area contributed by atoms with Crippen LogP contribution >= 0.6 is 0 Å². The van der Waals surface area contributed by atoms with E-state index in [-0.39, 0.29) is 12.0 Å². The van der Waals surface area contributed by atoms with E-state index in [2.05, 4.69) is 21.9 Å². The van der Waals surface area contributed by atoms with Crippen LogP contribution in [0.5, 0.6) is 11.5 Å². The lowest BCUT2D eigenvalue weighted by atomic mass is 10.1. The first-order chi connectivity index (χ1) is 15.2. The molecule has 7 heteroatoms. The molecule has 2 saturated heterocycles. The van der Waals surface area contributed by atoms with Gasteiger partial charge in [0.15, 0.2) is 0 Å². The van der Waals surface area contributed by atoms with E-state index in [4.69, 9.17) is 14.2 Å². The van der Waals surface area contributed by atoms with Crippen LogP contribution in [0.2, 0.25) is 0 Å². The van der Waals surface area contributed by atoms with Crippen molar-refractivity contribution in [3.05, 3.63) is 54.1 Å². The van der Waals surface area contributed by atoms with Gasteiger partial charge in [-0.1, -0.05) is 12.1 Å². The van der Waals surface area contributed by atoms with Gasteiger partial charge in [0.05, 0.1) is 32.6 Å². The normalized spacial score (nSPS) is 19.9. The number of nitrogens with zero attached hydrogens (tertiary/aromatic N) is 3. The van der Waals surface area contributed by atoms with Gasteiger partial charge in [-0.25, -0.2) is 0 Å². The highest BCUT2D eigenvalue weighted by molar-refractivity contribution is 5.94. The zero-order valence-corrected chi connectivity index (χ0v) is 18.3. The smallest absolute Gasteiger partial charge is 0.254 e. The first kappa shape index (κ1) is 21.5. The number of piperazine rings is 1. The standard InChI is InChI=1S/C24H31N3O4/c1-29-20-9-7-19(8-10-20)24(28)27-15-16-31-21(18-27)17-25-11-13-26(14-12-25)22-5-3-4-6-23(22)30-2/h3-10,21H,11-18H2,1-2H3/t21-/m0/s1. The average molecular weight is 426 g/mol. The van der Waals surface area contributed by atoms with E-state index in [1.807, 2.05) is 41.3 Å². The van der Waals surface area contributed by atoms with Crippen molar-refractivity contribution in [2.24, 2.45) is 0 Å². The summed E-state index contributed by atoms with van der Waals surface area (Å²) in [6, 6.07) is 15.5. The maximum Gasteiger partial charge on any atom is 0.254 e. The molecule has 0 aliphatic carbocycles. The highest BCUT2D eigenvalue weighted by Crippen LogP contribution is 2.28. The van der Waals surface area contributed by atoms with Gasteiger partial charge in [0, 0.05) is 51.4 Å². The third kappa shape index (κ3) is 5.11. The van der Waals surface area contributed by atoms with Gasteiger partial charge in [0.2, 0.25) is 0 Å². The fourth-order valence-electron chi connectivity index (χ4n) is 4.28.